The van der Waals surface area contributed by atoms with E-state index in [0.717, 1.165) is 56.7 Å². The molecule has 1 aliphatic heterocycles. The lowest BCUT2D eigenvalue weighted by molar-refractivity contribution is -0.125. The lowest BCUT2D eigenvalue weighted by Crippen LogP contribution is -2.53. The number of carbonyl (C=O) groups is 1. The van der Waals surface area contributed by atoms with E-state index in [1.54, 1.807) is 12.1 Å². The smallest absolute Gasteiger partial charge is 0.231 e. The van der Waals surface area contributed by atoms with Crippen molar-refractivity contribution >= 4 is 40.7 Å². The summed E-state index contributed by atoms with van der Waals surface area (Å²) in [5.41, 5.74) is 1.29. The average Bonchev–Trinajstić information content (AvgIpc) is 3.57. The Bertz CT molecular complexity index is 975. The zero-order chi connectivity index (χ0) is 23.4. The number of hydrogen-bond acceptors (Lipinski definition) is 4. The lowest BCUT2D eigenvalue weighted by atomic mass is 9.94. The van der Waals surface area contributed by atoms with Crippen LogP contribution in [-0.2, 0) is 21.6 Å². The maximum absolute atomic E-state index is 13.4. The number of benzene rings is 2. The number of rotatable bonds is 9. The molecule has 1 saturated heterocycles. The van der Waals surface area contributed by atoms with Crippen LogP contribution in [0, 0.1) is 0 Å². The Balaban J connectivity index is 1.42. The van der Waals surface area contributed by atoms with Gasteiger partial charge in [0.05, 0.1) is 24.7 Å². The Hall–Kier alpha value is -1.34. The highest BCUT2D eigenvalue weighted by Crippen LogP contribution is 2.51. The molecular formula is C25H30Cl3N3O2. The number of piperazine rings is 1. The molecule has 2 fully saturated rings. The van der Waals surface area contributed by atoms with Crippen molar-refractivity contribution in [2.75, 3.05) is 46.4 Å². The molecule has 5 nitrogen and oxygen atoms in total. The minimum Gasteiger partial charge on any atom is -0.375 e. The van der Waals surface area contributed by atoms with E-state index in [4.69, 9.17) is 39.5 Å². The SMILES string of the molecule is CN1CCN(CC(COCc2cccc(Cl)c2)NC(=O)C2(c3ccc(Cl)cc3Cl)CC2)CC1. The van der Waals surface area contributed by atoms with E-state index in [-0.39, 0.29) is 11.9 Å². The van der Waals surface area contributed by atoms with Crippen LogP contribution in [-0.4, -0.2) is 68.1 Å². The molecule has 33 heavy (non-hydrogen) atoms. The van der Waals surface area contributed by atoms with Gasteiger partial charge in [0.25, 0.3) is 0 Å². The molecular weight excluding hydrogens is 481 g/mol. The molecule has 2 aromatic carbocycles. The Kier molecular flexibility index (Phi) is 8.21. The van der Waals surface area contributed by atoms with E-state index < -0.39 is 5.41 Å². The first kappa shape index (κ1) is 24.8. The zero-order valence-corrected chi connectivity index (χ0v) is 21.1. The fourth-order valence-corrected chi connectivity index (χ4v) is 5.18. The number of hydrogen-bond donors (Lipinski definition) is 1. The van der Waals surface area contributed by atoms with Gasteiger partial charge in [0.15, 0.2) is 0 Å². The molecule has 1 N–H and O–H groups in total. The van der Waals surface area contributed by atoms with E-state index in [2.05, 4.69) is 22.2 Å². The van der Waals surface area contributed by atoms with Crippen LogP contribution in [0.2, 0.25) is 15.1 Å². The molecule has 2 aromatic rings. The summed E-state index contributed by atoms with van der Waals surface area (Å²) in [6, 6.07) is 12.9. The summed E-state index contributed by atoms with van der Waals surface area (Å²) in [5, 5.41) is 5.08. The number of ether oxygens (including phenoxy) is 1. The molecule has 1 heterocycles. The van der Waals surface area contributed by atoms with Gasteiger partial charge in [0.2, 0.25) is 5.91 Å². The fraction of sp³-hybridized carbons (Fsp3) is 0.480. The number of amides is 1. The first-order valence-electron chi connectivity index (χ1n) is 11.4. The third kappa shape index (κ3) is 6.41. The first-order valence-corrected chi connectivity index (χ1v) is 12.5. The van der Waals surface area contributed by atoms with Crippen molar-refractivity contribution in [1.82, 2.24) is 15.1 Å². The van der Waals surface area contributed by atoms with Gasteiger partial charge in [-0.3, -0.25) is 9.69 Å². The van der Waals surface area contributed by atoms with Crippen molar-refractivity contribution in [3.05, 3.63) is 68.7 Å². The Morgan fingerprint density at radius 1 is 1.06 bits per heavy atom. The Morgan fingerprint density at radius 3 is 2.45 bits per heavy atom. The van der Waals surface area contributed by atoms with Crippen LogP contribution in [0.15, 0.2) is 42.5 Å². The van der Waals surface area contributed by atoms with Gasteiger partial charge in [-0.1, -0.05) is 53.0 Å². The van der Waals surface area contributed by atoms with Gasteiger partial charge < -0.3 is 15.0 Å². The molecule has 1 aliphatic carbocycles. The number of halogens is 3. The molecule has 178 valence electrons. The fourth-order valence-electron chi connectivity index (χ4n) is 4.37. The van der Waals surface area contributed by atoms with Crippen molar-refractivity contribution in [3.63, 3.8) is 0 Å². The standard InChI is InChI=1S/C25H30Cl3N3O2/c1-30-9-11-31(12-10-30)15-21(17-33-16-18-3-2-4-19(26)13-18)29-24(32)25(7-8-25)22-6-5-20(27)14-23(22)28/h2-6,13-14,21H,7-12,15-17H2,1H3,(H,29,32). The molecule has 1 atom stereocenters. The van der Waals surface area contributed by atoms with Crippen molar-refractivity contribution in [3.8, 4) is 0 Å². The van der Waals surface area contributed by atoms with Gasteiger partial charge in [-0.25, -0.2) is 0 Å². The van der Waals surface area contributed by atoms with Gasteiger partial charge in [0, 0.05) is 47.8 Å². The van der Waals surface area contributed by atoms with Crippen molar-refractivity contribution in [2.45, 2.75) is 30.9 Å². The van der Waals surface area contributed by atoms with Gasteiger partial charge >= 0.3 is 0 Å². The topological polar surface area (TPSA) is 44.8 Å². The van der Waals surface area contributed by atoms with E-state index in [1.807, 2.05) is 30.3 Å². The quantitative estimate of drug-likeness (QED) is 0.534. The van der Waals surface area contributed by atoms with Crippen molar-refractivity contribution in [1.29, 1.82) is 0 Å². The summed E-state index contributed by atoms with van der Waals surface area (Å²) in [5.74, 6) is 0.0113. The molecule has 0 radical (unpaired) electrons. The molecule has 0 bridgehead atoms. The summed E-state index contributed by atoms with van der Waals surface area (Å²) in [7, 11) is 2.14. The number of nitrogens with one attached hydrogen (secondary N) is 1. The maximum Gasteiger partial charge on any atom is 0.231 e. The zero-order valence-electron chi connectivity index (χ0n) is 18.8. The summed E-state index contributed by atoms with van der Waals surface area (Å²) in [6.07, 6.45) is 1.57. The monoisotopic (exact) mass is 509 g/mol. The predicted molar refractivity (Wildman–Crippen MR) is 134 cm³/mol. The minimum atomic E-state index is -0.574. The highest BCUT2D eigenvalue weighted by molar-refractivity contribution is 6.35. The van der Waals surface area contributed by atoms with Crippen LogP contribution in [0.3, 0.4) is 0 Å². The largest absolute Gasteiger partial charge is 0.375 e. The van der Waals surface area contributed by atoms with E-state index >= 15 is 0 Å². The lowest BCUT2D eigenvalue weighted by Gasteiger charge is -2.35. The van der Waals surface area contributed by atoms with E-state index in [1.165, 1.54) is 0 Å². The van der Waals surface area contributed by atoms with E-state index in [9.17, 15) is 4.79 Å². The van der Waals surface area contributed by atoms with Crippen LogP contribution in [0.5, 0.6) is 0 Å². The highest BCUT2D eigenvalue weighted by atomic mass is 35.5. The highest BCUT2D eigenvalue weighted by Gasteiger charge is 2.52. The molecule has 4 rings (SSSR count). The minimum absolute atomic E-state index is 0.0113. The second-order valence-electron chi connectivity index (χ2n) is 9.13. The van der Waals surface area contributed by atoms with Crippen molar-refractivity contribution in [2.24, 2.45) is 0 Å². The molecule has 0 spiro atoms. The summed E-state index contributed by atoms with van der Waals surface area (Å²) < 4.78 is 6.02. The van der Waals surface area contributed by atoms with Crippen molar-refractivity contribution < 1.29 is 9.53 Å². The Labute approximate surface area is 210 Å². The summed E-state index contributed by atoms with van der Waals surface area (Å²) in [4.78, 5) is 18.2. The molecule has 1 saturated carbocycles. The third-order valence-corrected chi connectivity index (χ3v) is 7.30. The molecule has 1 amide bonds. The van der Waals surface area contributed by atoms with E-state index in [0.29, 0.717) is 28.3 Å². The summed E-state index contributed by atoms with van der Waals surface area (Å²) in [6.45, 7) is 5.62. The Morgan fingerprint density at radius 2 is 1.79 bits per heavy atom. The number of likely N-dealkylation sites (N-methyl/N-ethyl adjacent to an activating group) is 1. The average molecular weight is 511 g/mol. The predicted octanol–water partition coefficient (Wildman–Crippen LogP) is 4.63. The molecule has 0 aromatic heterocycles. The van der Waals surface area contributed by atoms with Crippen LogP contribution in [0.1, 0.15) is 24.0 Å². The van der Waals surface area contributed by atoms with Gasteiger partial charge in [0.1, 0.15) is 0 Å². The van der Waals surface area contributed by atoms with Gasteiger partial charge in [-0.15, -0.1) is 0 Å². The number of nitrogens with zero attached hydrogens (tertiary/aromatic N) is 2. The van der Waals surface area contributed by atoms with Crippen LogP contribution >= 0.6 is 34.8 Å². The third-order valence-electron chi connectivity index (χ3n) is 6.52. The first-order chi connectivity index (χ1) is 15.9. The number of carbonyl (C=O) groups excluding carboxylic acids is 1. The molecule has 1 unspecified atom stereocenters. The normalized spacial score (nSPS) is 19.3. The van der Waals surface area contributed by atoms with Crippen LogP contribution < -0.4 is 5.32 Å². The second kappa shape index (κ2) is 10.9. The molecule has 8 heteroatoms. The second-order valence-corrected chi connectivity index (χ2v) is 10.4. The van der Waals surface area contributed by atoms with Crippen LogP contribution in [0.4, 0.5) is 0 Å². The van der Waals surface area contributed by atoms with Gasteiger partial charge in [-0.2, -0.15) is 0 Å². The summed E-state index contributed by atoms with van der Waals surface area (Å²) >= 11 is 18.6. The van der Waals surface area contributed by atoms with Crippen LogP contribution in [0.25, 0.3) is 0 Å². The maximum atomic E-state index is 13.4. The molecule has 2 aliphatic rings. The van der Waals surface area contributed by atoms with Gasteiger partial charge in [-0.05, 0) is 55.3 Å².